The molecular weight excluding hydrogens is 219 g/mol. The van der Waals surface area contributed by atoms with Gasteiger partial charge < -0.3 is 9.84 Å². The number of aryl methyl sites for hydroxylation is 1. The Kier molecular flexibility index (Phi) is 5.42. The van der Waals surface area contributed by atoms with E-state index in [-0.39, 0.29) is 11.9 Å². The van der Waals surface area contributed by atoms with E-state index in [0.717, 1.165) is 24.8 Å². The molecule has 0 aliphatic rings. The Hall–Kier alpha value is -1.09. The average Bonchev–Trinajstić information content (AvgIpc) is 2.28. The summed E-state index contributed by atoms with van der Waals surface area (Å²) in [5, 5.41) is 9.92. The van der Waals surface area contributed by atoms with E-state index in [4.69, 9.17) is 4.74 Å². The van der Waals surface area contributed by atoms with Crippen LogP contribution in [0.1, 0.15) is 38.7 Å². The minimum Gasteiger partial charge on any atom is -0.487 e. The van der Waals surface area contributed by atoms with Crippen LogP contribution < -0.4 is 4.74 Å². The Balaban J connectivity index is 2.73. The Labute approximate surface area is 102 Å². The van der Waals surface area contributed by atoms with Crippen molar-refractivity contribution in [2.45, 2.75) is 52.2 Å². The lowest BCUT2D eigenvalue weighted by molar-refractivity contribution is 0.0280. The number of rotatable bonds is 6. The van der Waals surface area contributed by atoms with Crippen molar-refractivity contribution < 1.29 is 14.2 Å². The number of benzene rings is 1. The third-order valence-corrected chi connectivity index (χ3v) is 2.83. The molecule has 0 amide bonds. The van der Waals surface area contributed by atoms with Crippen molar-refractivity contribution in [3.05, 3.63) is 29.6 Å². The Morgan fingerprint density at radius 3 is 2.59 bits per heavy atom. The molecule has 2 nitrogen and oxygen atoms in total. The molecule has 1 N–H and O–H groups in total. The second-order valence-corrected chi connectivity index (χ2v) is 4.33. The maximum absolute atomic E-state index is 12.9. The lowest BCUT2D eigenvalue weighted by Crippen LogP contribution is -2.31. The molecule has 0 heterocycles. The fourth-order valence-corrected chi connectivity index (χ4v) is 1.82. The lowest BCUT2D eigenvalue weighted by atomic mass is 10.1. The molecular formula is C14H21FO2. The number of aliphatic hydroxyl groups is 1. The molecule has 0 bridgehead atoms. The van der Waals surface area contributed by atoms with Gasteiger partial charge in [-0.05, 0) is 43.5 Å². The predicted octanol–water partition coefficient (Wildman–Crippen LogP) is 3.45. The monoisotopic (exact) mass is 240 g/mol. The van der Waals surface area contributed by atoms with Crippen LogP contribution in [-0.4, -0.2) is 17.3 Å². The summed E-state index contributed by atoms with van der Waals surface area (Å²) in [4.78, 5) is 0. The fraction of sp³-hybridized carbons (Fsp3) is 0.571. The quantitative estimate of drug-likeness (QED) is 0.825. The number of hydrogen-bond acceptors (Lipinski definition) is 2. The summed E-state index contributed by atoms with van der Waals surface area (Å²) >= 11 is 0. The fourth-order valence-electron chi connectivity index (χ4n) is 1.82. The first-order valence-corrected chi connectivity index (χ1v) is 6.19. The third-order valence-electron chi connectivity index (χ3n) is 2.83. The summed E-state index contributed by atoms with van der Waals surface area (Å²) in [5.41, 5.74) is 0.757. The van der Waals surface area contributed by atoms with Crippen LogP contribution in [0.5, 0.6) is 5.75 Å². The van der Waals surface area contributed by atoms with Gasteiger partial charge in [0.1, 0.15) is 17.7 Å². The summed E-state index contributed by atoms with van der Waals surface area (Å²) in [5.74, 6) is 0.380. The van der Waals surface area contributed by atoms with Crippen LogP contribution in [0.25, 0.3) is 0 Å². The van der Waals surface area contributed by atoms with Gasteiger partial charge in [0.05, 0.1) is 6.10 Å². The van der Waals surface area contributed by atoms with Crippen LogP contribution in [0.4, 0.5) is 4.39 Å². The van der Waals surface area contributed by atoms with Crippen LogP contribution in [-0.2, 0) is 0 Å². The molecule has 0 aliphatic heterocycles. The standard InChI is InChI=1S/C14H21FO2/c1-4-6-12(16)13(5-2)17-14-8-7-11(15)9-10(14)3/h7-9,12-13,16H,4-6H2,1-3H3. The molecule has 2 unspecified atom stereocenters. The molecule has 0 aromatic heterocycles. The Morgan fingerprint density at radius 2 is 2.06 bits per heavy atom. The highest BCUT2D eigenvalue weighted by molar-refractivity contribution is 5.32. The molecule has 3 heteroatoms. The van der Waals surface area contributed by atoms with Crippen molar-refractivity contribution in [1.29, 1.82) is 0 Å². The summed E-state index contributed by atoms with van der Waals surface area (Å²) < 4.78 is 18.7. The van der Waals surface area contributed by atoms with Crippen molar-refractivity contribution in [3.8, 4) is 5.75 Å². The first-order chi connectivity index (χ1) is 8.08. The molecule has 1 aromatic carbocycles. The Bertz CT molecular complexity index is 352. The van der Waals surface area contributed by atoms with E-state index in [9.17, 15) is 9.50 Å². The molecule has 0 saturated carbocycles. The Morgan fingerprint density at radius 1 is 1.35 bits per heavy atom. The van der Waals surface area contributed by atoms with E-state index in [1.54, 1.807) is 13.0 Å². The first-order valence-electron chi connectivity index (χ1n) is 6.19. The largest absolute Gasteiger partial charge is 0.487 e. The predicted molar refractivity (Wildman–Crippen MR) is 66.8 cm³/mol. The van der Waals surface area contributed by atoms with Crippen molar-refractivity contribution in [2.24, 2.45) is 0 Å². The SMILES string of the molecule is CCCC(O)C(CC)Oc1ccc(F)cc1C. The van der Waals surface area contributed by atoms with Gasteiger partial charge in [-0.3, -0.25) is 0 Å². The van der Waals surface area contributed by atoms with Crippen LogP contribution in [0, 0.1) is 12.7 Å². The van der Waals surface area contributed by atoms with E-state index in [1.165, 1.54) is 12.1 Å². The molecule has 1 aromatic rings. The normalized spacial score (nSPS) is 14.4. The summed E-state index contributed by atoms with van der Waals surface area (Å²) in [6.45, 7) is 5.80. The van der Waals surface area contributed by atoms with Crippen LogP contribution >= 0.6 is 0 Å². The van der Waals surface area contributed by atoms with Crippen molar-refractivity contribution in [3.63, 3.8) is 0 Å². The van der Waals surface area contributed by atoms with Gasteiger partial charge in [-0.1, -0.05) is 20.3 Å². The number of hydrogen-bond donors (Lipinski definition) is 1. The smallest absolute Gasteiger partial charge is 0.124 e. The molecule has 17 heavy (non-hydrogen) atoms. The number of halogens is 1. The topological polar surface area (TPSA) is 29.5 Å². The van der Waals surface area contributed by atoms with Gasteiger partial charge in [-0.25, -0.2) is 4.39 Å². The van der Waals surface area contributed by atoms with E-state index in [0.29, 0.717) is 5.75 Å². The number of ether oxygens (including phenoxy) is 1. The van der Waals surface area contributed by atoms with Gasteiger partial charge in [-0.2, -0.15) is 0 Å². The van der Waals surface area contributed by atoms with Crippen molar-refractivity contribution in [1.82, 2.24) is 0 Å². The number of aliphatic hydroxyl groups excluding tert-OH is 1. The molecule has 0 aliphatic carbocycles. The van der Waals surface area contributed by atoms with E-state index < -0.39 is 6.10 Å². The van der Waals surface area contributed by atoms with Gasteiger partial charge in [0.15, 0.2) is 0 Å². The molecule has 1 rings (SSSR count). The third kappa shape index (κ3) is 4.00. The van der Waals surface area contributed by atoms with Gasteiger partial charge in [-0.15, -0.1) is 0 Å². The summed E-state index contributed by atoms with van der Waals surface area (Å²) in [7, 11) is 0. The zero-order chi connectivity index (χ0) is 12.8. The highest BCUT2D eigenvalue weighted by atomic mass is 19.1. The maximum atomic E-state index is 12.9. The molecule has 2 atom stereocenters. The second-order valence-electron chi connectivity index (χ2n) is 4.33. The van der Waals surface area contributed by atoms with E-state index >= 15 is 0 Å². The molecule has 0 fully saturated rings. The van der Waals surface area contributed by atoms with Gasteiger partial charge >= 0.3 is 0 Å². The zero-order valence-electron chi connectivity index (χ0n) is 10.7. The van der Waals surface area contributed by atoms with Crippen LogP contribution in [0.15, 0.2) is 18.2 Å². The summed E-state index contributed by atoms with van der Waals surface area (Å²) in [6.07, 6.45) is 1.69. The second kappa shape index (κ2) is 6.60. The van der Waals surface area contributed by atoms with Crippen molar-refractivity contribution >= 4 is 0 Å². The molecule has 0 radical (unpaired) electrons. The summed E-state index contributed by atoms with van der Waals surface area (Å²) in [6, 6.07) is 4.43. The van der Waals surface area contributed by atoms with E-state index in [2.05, 4.69) is 0 Å². The first kappa shape index (κ1) is 14.0. The molecule has 0 saturated heterocycles. The van der Waals surface area contributed by atoms with Gasteiger partial charge in [0.2, 0.25) is 0 Å². The molecule has 96 valence electrons. The van der Waals surface area contributed by atoms with Crippen LogP contribution in [0.2, 0.25) is 0 Å². The average molecular weight is 240 g/mol. The minimum absolute atomic E-state index is 0.223. The molecule has 0 spiro atoms. The van der Waals surface area contributed by atoms with Crippen molar-refractivity contribution in [2.75, 3.05) is 0 Å². The highest BCUT2D eigenvalue weighted by Gasteiger charge is 2.19. The maximum Gasteiger partial charge on any atom is 0.124 e. The lowest BCUT2D eigenvalue weighted by Gasteiger charge is -2.23. The zero-order valence-corrected chi connectivity index (χ0v) is 10.7. The minimum atomic E-state index is -0.463. The highest BCUT2D eigenvalue weighted by Crippen LogP contribution is 2.22. The van der Waals surface area contributed by atoms with Gasteiger partial charge in [0, 0.05) is 0 Å². The van der Waals surface area contributed by atoms with Crippen LogP contribution in [0.3, 0.4) is 0 Å². The van der Waals surface area contributed by atoms with Gasteiger partial charge in [0.25, 0.3) is 0 Å². The van der Waals surface area contributed by atoms with E-state index in [1.807, 2.05) is 13.8 Å².